The van der Waals surface area contributed by atoms with Crippen molar-refractivity contribution < 1.29 is 4.39 Å². The molecule has 19 heavy (non-hydrogen) atoms. The van der Waals surface area contributed by atoms with Gasteiger partial charge in [-0.25, -0.2) is 0 Å². The summed E-state index contributed by atoms with van der Waals surface area (Å²) in [4.78, 5) is 2.45. The van der Waals surface area contributed by atoms with Crippen molar-refractivity contribution in [2.75, 3.05) is 26.3 Å². The predicted molar refractivity (Wildman–Crippen MR) is 78.2 cm³/mol. The Morgan fingerprint density at radius 3 is 2.74 bits per heavy atom. The molecule has 1 aromatic rings. The van der Waals surface area contributed by atoms with Gasteiger partial charge in [0, 0.05) is 31.2 Å². The number of hydrogen-bond acceptors (Lipinski definition) is 2. The molecule has 1 atom stereocenters. The molecule has 0 spiro atoms. The zero-order chi connectivity index (χ0) is 13.7. The van der Waals surface area contributed by atoms with E-state index in [9.17, 15) is 4.39 Å². The molecule has 0 aromatic heterocycles. The third-order valence-electron chi connectivity index (χ3n) is 3.82. The predicted octanol–water partition coefficient (Wildman–Crippen LogP) is 2.64. The van der Waals surface area contributed by atoms with Crippen molar-refractivity contribution in [1.29, 1.82) is 0 Å². The van der Waals surface area contributed by atoms with E-state index in [0.29, 0.717) is 12.5 Å². The topological polar surface area (TPSA) is 15.3 Å². The SMILES string of the molecule is CC1(C)CN(CCCF)C(Cc2ccccc2)CN1. The number of piperazine rings is 1. The van der Waals surface area contributed by atoms with E-state index >= 15 is 0 Å². The van der Waals surface area contributed by atoms with Crippen LogP contribution in [0.4, 0.5) is 4.39 Å². The number of rotatable bonds is 5. The summed E-state index contributed by atoms with van der Waals surface area (Å²) in [5.41, 5.74) is 1.49. The summed E-state index contributed by atoms with van der Waals surface area (Å²) in [5, 5.41) is 3.60. The fraction of sp³-hybridized carbons (Fsp3) is 0.625. The molecule has 3 heteroatoms. The van der Waals surface area contributed by atoms with Crippen molar-refractivity contribution in [1.82, 2.24) is 10.2 Å². The van der Waals surface area contributed by atoms with Crippen LogP contribution in [0.1, 0.15) is 25.8 Å². The lowest BCUT2D eigenvalue weighted by molar-refractivity contribution is 0.0917. The minimum Gasteiger partial charge on any atom is -0.309 e. The van der Waals surface area contributed by atoms with E-state index in [4.69, 9.17) is 0 Å². The van der Waals surface area contributed by atoms with Crippen LogP contribution in [-0.4, -0.2) is 42.8 Å². The van der Waals surface area contributed by atoms with Gasteiger partial charge in [0.1, 0.15) is 0 Å². The Morgan fingerprint density at radius 1 is 1.32 bits per heavy atom. The average Bonchev–Trinajstić information content (AvgIpc) is 2.40. The minimum atomic E-state index is -0.220. The van der Waals surface area contributed by atoms with E-state index in [1.807, 2.05) is 6.07 Å². The molecule has 0 amide bonds. The lowest BCUT2D eigenvalue weighted by Gasteiger charge is -2.44. The first-order valence-electron chi connectivity index (χ1n) is 7.20. The van der Waals surface area contributed by atoms with Gasteiger partial charge in [0.25, 0.3) is 0 Å². The van der Waals surface area contributed by atoms with Crippen LogP contribution in [-0.2, 0) is 6.42 Å². The van der Waals surface area contributed by atoms with Crippen molar-refractivity contribution in [3.63, 3.8) is 0 Å². The summed E-state index contributed by atoms with van der Waals surface area (Å²) in [6, 6.07) is 11.0. The molecule has 1 aliphatic heterocycles. The van der Waals surface area contributed by atoms with Crippen LogP contribution >= 0.6 is 0 Å². The molecule has 2 rings (SSSR count). The highest BCUT2D eigenvalue weighted by Crippen LogP contribution is 2.18. The number of halogens is 1. The van der Waals surface area contributed by atoms with Gasteiger partial charge in [-0.3, -0.25) is 9.29 Å². The monoisotopic (exact) mass is 264 g/mol. The molecule has 0 aliphatic carbocycles. The molecule has 0 radical (unpaired) electrons. The summed E-state index contributed by atoms with van der Waals surface area (Å²) >= 11 is 0. The largest absolute Gasteiger partial charge is 0.309 e. The normalized spacial score (nSPS) is 23.4. The Morgan fingerprint density at radius 2 is 2.05 bits per heavy atom. The van der Waals surface area contributed by atoms with Crippen LogP contribution in [0.2, 0.25) is 0 Å². The van der Waals surface area contributed by atoms with Crippen molar-refractivity contribution in [3.05, 3.63) is 35.9 Å². The fourth-order valence-corrected chi connectivity index (χ4v) is 2.83. The number of nitrogens with one attached hydrogen (secondary N) is 1. The maximum atomic E-state index is 12.5. The zero-order valence-corrected chi connectivity index (χ0v) is 12.0. The maximum absolute atomic E-state index is 12.5. The van der Waals surface area contributed by atoms with Crippen molar-refractivity contribution in [2.45, 2.75) is 38.3 Å². The standard InChI is InChI=1S/C16H25FN2/c1-16(2)13-19(10-6-9-17)15(12-18-16)11-14-7-4-3-5-8-14/h3-5,7-8,15,18H,6,9-13H2,1-2H3. The summed E-state index contributed by atoms with van der Waals surface area (Å²) in [6.45, 7) is 7.04. The Balaban J connectivity index is 2.00. The van der Waals surface area contributed by atoms with Crippen LogP contribution in [0.15, 0.2) is 30.3 Å². The van der Waals surface area contributed by atoms with Gasteiger partial charge in [0.05, 0.1) is 6.67 Å². The van der Waals surface area contributed by atoms with Gasteiger partial charge < -0.3 is 5.32 Å². The molecule has 0 saturated carbocycles. The average molecular weight is 264 g/mol. The van der Waals surface area contributed by atoms with Gasteiger partial charge >= 0.3 is 0 Å². The first-order valence-corrected chi connectivity index (χ1v) is 7.20. The van der Waals surface area contributed by atoms with E-state index in [0.717, 1.165) is 26.1 Å². The molecule has 1 heterocycles. The molecule has 1 fully saturated rings. The van der Waals surface area contributed by atoms with Gasteiger partial charge in [-0.05, 0) is 32.3 Å². The molecule has 1 N–H and O–H groups in total. The molecule has 1 aromatic carbocycles. The minimum absolute atomic E-state index is 0.128. The van der Waals surface area contributed by atoms with Gasteiger partial charge in [-0.15, -0.1) is 0 Å². The van der Waals surface area contributed by atoms with Crippen LogP contribution in [0.25, 0.3) is 0 Å². The van der Waals surface area contributed by atoms with E-state index < -0.39 is 0 Å². The Labute approximate surface area is 116 Å². The van der Waals surface area contributed by atoms with Crippen LogP contribution in [0.3, 0.4) is 0 Å². The van der Waals surface area contributed by atoms with E-state index in [1.165, 1.54) is 5.56 Å². The van der Waals surface area contributed by atoms with Gasteiger partial charge in [0.15, 0.2) is 0 Å². The lowest BCUT2D eigenvalue weighted by atomic mass is 9.95. The fourth-order valence-electron chi connectivity index (χ4n) is 2.83. The second-order valence-corrected chi connectivity index (χ2v) is 6.12. The van der Waals surface area contributed by atoms with Gasteiger partial charge in [0.2, 0.25) is 0 Å². The Hall–Kier alpha value is -0.930. The summed E-state index contributed by atoms with van der Waals surface area (Å²) in [5.74, 6) is 0. The van der Waals surface area contributed by atoms with Crippen LogP contribution < -0.4 is 5.32 Å². The van der Waals surface area contributed by atoms with Gasteiger partial charge in [-0.2, -0.15) is 0 Å². The number of benzene rings is 1. The van der Waals surface area contributed by atoms with Crippen molar-refractivity contribution in [3.8, 4) is 0 Å². The maximum Gasteiger partial charge on any atom is 0.0906 e. The second-order valence-electron chi connectivity index (χ2n) is 6.12. The molecule has 0 bridgehead atoms. The zero-order valence-electron chi connectivity index (χ0n) is 12.0. The van der Waals surface area contributed by atoms with Crippen molar-refractivity contribution >= 4 is 0 Å². The second kappa shape index (κ2) is 6.49. The summed E-state index contributed by atoms with van der Waals surface area (Å²) < 4.78 is 12.5. The smallest absolute Gasteiger partial charge is 0.0906 e. The van der Waals surface area contributed by atoms with E-state index in [1.54, 1.807) is 0 Å². The molecule has 1 saturated heterocycles. The lowest BCUT2D eigenvalue weighted by Crippen LogP contribution is -2.62. The quantitative estimate of drug-likeness (QED) is 0.879. The third kappa shape index (κ3) is 4.29. The number of alkyl halides is 1. The summed E-state index contributed by atoms with van der Waals surface area (Å²) in [7, 11) is 0. The van der Waals surface area contributed by atoms with Crippen molar-refractivity contribution in [2.24, 2.45) is 0 Å². The number of hydrogen-bond donors (Lipinski definition) is 1. The molecular formula is C16H25FN2. The molecule has 2 nitrogen and oxygen atoms in total. The Bertz CT molecular complexity index is 378. The number of nitrogens with zero attached hydrogens (tertiary/aromatic N) is 1. The molecule has 106 valence electrons. The highest BCUT2D eigenvalue weighted by atomic mass is 19.1. The molecule has 1 aliphatic rings. The highest BCUT2D eigenvalue weighted by molar-refractivity contribution is 5.16. The highest BCUT2D eigenvalue weighted by Gasteiger charge is 2.31. The van der Waals surface area contributed by atoms with Crippen LogP contribution in [0.5, 0.6) is 0 Å². The van der Waals surface area contributed by atoms with Gasteiger partial charge in [-0.1, -0.05) is 30.3 Å². The third-order valence-corrected chi connectivity index (χ3v) is 3.82. The Kier molecular flexibility index (Phi) is 4.94. The van der Waals surface area contributed by atoms with Crippen LogP contribution in [0, 0.1) is 0 Å². The first-order chi connectivity index (χ1) is 9.11. The molecular weight excluding hydrogens is 239 g/mol. The van der Waals surface area contributed by atoms with E-state index in [-0.39, 0.29) is 12.2 Å². The molecule has 1 unspecified atom stereocenters. The summed E-state index contributed by atoms with van der Waals surface area (Å²) in [6.07, 6.45) is 1.68. The first kappa shape index (κ1) is 14.5. The van der Waals surface area contributed by atoms with E-state index in [2.05, 4.69) is 48.3 Å².